The van der Waals surface area contributed by atoms with Gasteiger partial charge in [0, 0.05) is 43.9 Å². The predicted octanol–water partition coefficient (Wildman–Crippen LogP) is 3.90. The normalized spacial score (nSPS) is 10.4. The Balaban J connectivity index is 1.67. The van der Waals surface area contributed by atoms with E-state index in [2.05, 4.69) is 57.4 Å². The summed E-state index contributed by atoms with van der Waals surface area (Å²) in [5.41, 5.74) is 3.57. The van der Waals surface area contributed by atoms with Crippen molar-refractivity contribution in [2.75, 3.05) is 23.3 Å². The van der Waals surface area contributed by atoms with E-state index in [-0.39, 0.29) is 0 Å². The molecular formula is C20H22N4. The Labute approximate surface area is 143 Å². The smallest absolute Gasteiger partial charge is 0.128 e. The van der Waals surface area contributed by atoms with E-state index in [4.69, 9.17) is 0 Å². The number of nitrogens with one attached hydrogen (secondary N) is 1. The van der Waals surface area contributed by atoms with Gasteiger partial charge in [0.2, 0.25) is 0 Å². The topological polar surface area (TPSA) is 41.1 Å². The maximum Gasteiger partial charge on any atom is 0.128 e. The number of nitrogens with zero attached hydrogens (tertiary/aromatic N) is 3. The summed E-state index contributed by atoms with van der Waals surface area (Å²) >= 11 is 0. The standard InChI is InChI=1S/C20H22N4/c1-17-15-21-12-10-19(17)22-13-14-24(20-9-5-6-11-23-20)16-18-7-3-2-4-8-18/h2-12,15H,13-14,16H2,1H3,(H,21,22). The number of benzene rings is 1. The van der Waals surface area contributed by atoms with Gasteiger partial charge in [0.1, 0.15) is 5.82 Å². The Hall–Kier alpha value is -2.88. The molecule has 0 aliphatic carbocycles. The molecule has 0 saturated carbocycles. The van der Waals surface area contributed by atoms with E-state index in [0.717, 1.165) is 36.7 Å². The fourth-order valence-electron chi connectivity index (χ4n) is 2.62. The minimum absolute atomic E-state index is 0.842. The van der Waals surface area contributed by atoms with Crippen LogP contribution in [-0.4, -0.2) is 23.1 Å². The summed E-state index contributed by atoms with van der Waals surface area (Å²) in [5.74, 6) is 0.995. The van der Waals surface area contributed by atoms with Crippen molar-refractivity contribution in [3.05, 3.63) is 84.3 Å². The van der Waals surface area contributed by atoms with Gasteiger partial charge in [-0.3, -0.25) is 4.98 Å². The molecule has 0 bridgehead atoms. The molecule has 4 heteroatoms. The van der Waals surface area contributed by atoms with Crippen LogP contribution in [0.5, 0.6) is 0 Å². The molecule has 0 aliphatic rings. The molecule has 0 radical (unpaired) electrons. The Morgan fingerprint density at radius 1 is 0.958 bits per heavy atom. The van der Waals surface area contributed by atoms with Gasteiger partial charge in [-0.05, 0) is 36.2 Å². The molecule has 0 atom stereocenters. The lowest BCUT2D eigenvalue weighted by Gasteiger charge is -2.24. The number of anilines is 2. The van der Waals surface area contributed by atoms with Crippen LogP contribution in [-0.2, 0) is 6.54 Å². The maximum atomic E-state index is 4.51. The molecule has 3 aromatic rings. The molecule has 122 valence electrons. The molecule has 0 spiro atoms. The number of rotatable bonds is 7. The third kappa shape index (κ3) is 4.32. The first-order valence-corrected chi connectivity index (χ1v) is 8.17. The number of pyridine rings is 2. The van der Waals surface area contributed by atoms with E-state index in [1.807, 2.05) is 42.9 Å². The third-order valence-electron chi connectivity index (χ3n) is 3.91. The molecule has 2 heterocycles. The Morgan fingerprint density at radius 3 is 2.54 bits per heavy atom. The van der Waals surface area contributed by atoms with Crippen molar-refractivity contribution in [1.82, 2.24) is 9.97 Å². The fourth-order valence-corrected chi connectivity index (χ4v) is 2.62. The summed E-state index contributed by atoms with van der Waals surface area (Å²) < 4.78 is 0. The number of hydrogen-bond acceptors (Lipinski definition) is 4. The van der Waals surface area contributed by atoms with Gasteiger partial charge in [-0.1, -0.05) is 36.4 Å². The SMILES string of the molecule is Cc1cnccc1NCCN(Cc1ccccc1)c1ccccn1. The van der Waals surface area contributed by atoms with Crippen LogP contribution in [0.25, 0.3) is 0 Å². The molecule has 1 N–H and O–H groups in total. The zero-order chi connectivity index (χ0) is 16.6. The third-order valence-corrected chi connectivity index (χ3v) is 3.91. The lowest BCUT2D eigenvalue weighted by Crippen LogP contribution is -2.29. The number of aryl methyl sites for hydroxylation is 1. The summed E-state index contributed by atoms with van der Waals surface area (Å²) in [6.07, 6.45) is 5.53. The van der Waals surface area contributed by atoms with Gasteiger partial charge in [0.15, 0.2) is 0 Å². The van der Waals surface area contributed by atoms with Gasteiger partial charge in [0.25, 0.3) is 0 Å². The summed E-state index contributed by atoms with van der Waals surface area (Å²) in [5, 5.41) is 3.49. The van der Waals surface area contributed by atoms with E-state index in [9.17, 15) is 0 Å². The van der Waals surface area contributed by atoms with E-state index in [0.29, 0.717) is 0 Å². The first kappa shape index (κ1) is 16.0. The van der Waals surface area contributed by atoms with Gasteiger partial charge < -0.3 is 10.2 Å². The Bertz CT molecular complexity index is 744. The average molecular weight is 318 g/mol. The maximum absolute atomic E-state index is 4.51. The van der Waals surface area contributed by atoms with E-state index in [1.165, 1.54) is 5.56 Å². The molecule has 0 aliphatic heterocycles. The van der Waals surface area contributed by atoms with E-state index < -0.39 is 0 Å². The fraction of sp³-hybridized carbons (Fsp3) is 0.200. The molecule has 0 fully saturated rings. The molecule has 0 amide bonds. The highest BCUT2D eigenvalue weighted by atomic mass is 15.2. The highest BCUT2D eigenvalue weighted by molar-refractivity contribution is 5.49. The van der Waals surface area contributed by atoms with Crippen LogP contribution in [0.2, 0.25) is 0 Å². The van der Waals surface area contributed by atoms with Crippen LogP contribution < -0.4 is 10.2 Å². The molecule has 0 saturated heterocycles. The molecule has 1 aromatic carbocycles. The monoisotopic (exact) mass is 318 g/mol. The van der Waals surface area contributed by atoms with E-state index in [1.54, 1.807) is 0 Å². The van der Waals surface area contributed by atoms with Gasteiger partial charge in [0.05, 0.1) is 0 Å². The van der Waals surface area contributed by atoms with Crippen molar-refractivity contribution in [3.8, 4) is 0 Å². The Kier molecular flexibility index (Phi) is 5.40. The van der Waals surface area contributed by atoms with Gasteiger partial charge >= 0.3 is 0 Å². The van der Waals surface area contributed by atoms with Crippen LogP contribution in [0.3, 0.4) is 0 Å². The van der Waals surface area contributed by atoms with Crippen molar-refractivity contribution < 1.29 is 0 Å². The second kappa shape index (κ2) is 8.11. The zero-order valence-electron chi connectivity index (χ0n) is 13.9. The average Bonchev–Trinajstić information content (AvgIpc) is 2.64. The van der Waals surface area contributed by atoms with Crippen molar-refractivity contribution in [2.45, 2.75) is 13.5 Å². The highest BCUT2D eigenvalue weighted by Gasteiger charge is 2.08. The molecular weight excluding hydrogens is 296 g/mol. The minimum atomic E-state index is 0.842. The highest BCUT2D eigenvalue weighted by Crippen LogP contribution is 2.15. The van der Waals surface area contributed by atoms with Gasteiger partial charge in [-0.2, -0.15) is 0 Å². The predicted molar refractivity (Wildman–Crippen MR) is 99.2 cm³/mol. The second-order valence-corrected chi connectivity index (χ2v) is 5.71. The quantitative estimate of drug-likeness (QED) is 0.717. The number of aromatic nitrogens is 2. The molecule has 2 aromatic heterocycles. The van der Waals surface area contributed by atoms with Crippen molar-refractivity contribution >= 4 is 11.5 Å². The largest absolute Gasteiger partial charge is 0.383 e. The van der Waals surface area contributed by atoms with Crippen molar-refractivity contribution in [2.24, 2.45) is 0 Å². The summed E-state index contributed by atoms with van der Waals surface area (Å²) in [4.78, 5) is 10.9. The molecule has 3 rings (SSSR count). The summed E-state index contributed by atoms with van der Waals surface area (Å²) in [6, 6.07) is 18.5. The van der Waals surface area contributed by atoms with Crippen LogP contribution in [0.1, 0.15) is 11.1 Å². The summed E-state index contributed by atoms with van der Waals surface area (Å²) in [6.45, 7) is 4.62. The van der Waals surface area contributed by atoms with Crippen LogP contribution in [0.4, 0.5) is 11.5 Å². The number of hydrogen-bond donors (Lipinski definition) is 1. The molecule has 4 nitrogen and oxygen atoms in total. The van der Waals surface area contributed by atoms with Crippen LogP contribution in [0.15, 0.2) is 73.2 Å². The van der Waals surface area contributed by atoms with Gasteiger partial charge in [-0.25, -0.2) is 4.98 Å². The summed E-state index contributed by atoms with van der Waals surface area (Å²) in [7, 11) is 0. The Morgan fingerprint density at radius 2 is 1.79 bits per heavy atom. The lowest BCUT2D eigenvalue weighted by atomic mass is 10.2. The van der Waals surface area contributed by atoms with Crippen LogP contribution in [0, 0.1) is 6.92 Å². The lowest BCUT2D eigenvalue weighted by molar-refractivity contribution is 0.790. The van der Waals surface area contributed by atoms with Crippen LogP contribution >= 0.6 is 0 Å². The first-order valence-electron chi connectivity index (χ1n) is 8.17. The zero-order valence-corrected chi connectivity index (χ0v) is 13.9. The minimum Gasteiger partial charge on any atom is -0.383 e. The second-order valence-electron chi connectivity index (χ2n) is 5.71. The first-order chi connectivity index (χ1) is 11.8. The molecule has 24 heavy (non-hydrogen) atoms. The van der Waals surface area contributed by atoms with E-state index >= 15 is 0 Å². The van der Waals surface area contributed by atoms with Gasteiger partial charge in [-0.15, -0.1) is 0 Å². The molecule has 0 unspecified atom stereocenters. The van der Waals surface area contributed by atoms with Crippen molar-refractivity contribution in [3.63, 3.8) is 0 Å². The van der Waals surface area contributed by atoms with Crippen molar-refractivity contribution in [1.29, 1.82) is 0 Å².